The van der Waals surface area contributed by atoms with E-state index in [1.165, 1.54) is 30.3 Å². The SMILES string of the molecule is CC(Cc1ccc(O)c(O)c1)C(=O)Nc1ccc(Cl)c([N+](=O)[O-])c1. The van der Waals surface area contributed by atoms with Crippen LogP contribution in [0, 0.1) is 16.0 Å². The molecule has 3 N–H and O–H groups in total. The van der Waals surface area contributed by atoms with Gasteiger partial charge < -0.3 is 15.5 Å². The summed E-state index contributed by atoms with van der Waals surface area (Å²) in [6.07, 6.45) is 0.329. The first kappa shape index (κ1) is 17.6. The number of nitro benzene ring substituents is 1. The van der Waals surface area contributed by atoms with Crippen molar-refractivity contribution in [3.8, 4) is 11.5 Å². The molecule has 0 fully saturated rings. The van der Waals surface area contributed by atoms with E-state index in [1.807, 2.05) is 0 Å². The maximum absolute atomic E-state index is 12.2. The summed E-state index contributed by atoms with van der Waals surface area (Å²) in [6, 6.07) is 8.35. The highest BCUT2D eigenvalue weighted by Crippen LogP contribution is 2.28. The molecule has 0 bridgehead atoms. The molecule has 1 unspecified atom stereocenters. The van der Waals surface area contributed by atoms with Gasteiger partial charge >= 0.3 is 0 Å². The zero-order valence-electron chi connectivity index (χ0n) is 12.7. The summed E-state index contributed by atoms with van der Waals surface area (Å²) in [4.78, 5) is 22.4. The van der Waals surface area contributed by atoms with Crippen LogP contribution < -0.4 is 5.32 Å². The number of benzene rings is 2. The molecule has 2 aromatic carbocycles. The van der Waals surface area contributed by atoms with Crippen molar-refractivity contribution in [2.75, 3.05) is 5.32 Å². The Labute approximate surface area is 142 Å². The van der Waals surface area contributed by atoms with E-state index in [2.05, 4.69) is 5.32 Å². The van der Waals surface area contributed by atoms with Crippen LogP contribution in [0.1, 0.15) is 12.5 Å². The largest absolute Gasteiger partial charge is 0.504 e. The number of carbonyl (C=O) groups excluding carboxylic acids is 1. The normalized spacial score (nSPS) is 11.8. The second-order valence-corrected chi connectivity index (χ2v) is 5.75. The Morgan fingerprint density at radius 2 is 1.96 bits per heavy atom. The van der Waals surface area contributed by atoms with Crippen molar-refractivity contribution in [3.05, 3.63) is 57.1 Å². The first-order chi connectivity index (χ1) is 11.3. The first-order valence-corrected chi connectivity index (χ1v) is 7.41. The van der Waals surface area contributed by atoms with Gasteiger partial charge in [-0.25, -0.2) is 0 Å². The molecule has 0 aliphatic rings. The molecule has 0 radical (unpaired) electrons. The Balaban J connectivity index is 2.07. The van der Waals surface area contributed by atoms with Crippen LogP contribution >= 0.6 is 11.6 Å². The van der Waals surface area contributed by atoms with Gasteiger partial charge in [0.05, 0.1) is 4.92 Å². The first-order valence-electron chi connectivity index (χ1n) is 7.03. The van der Waals surface area contributed by atoms with E-state index >= 15 is 0 Å². The van der Waals surface area contributed by atoms with Crippen LogP contribution in [0.2, 0.25) is 5.02 Å². The number of amides is 1. The van der Waals surface area contributed by atoms with Crippen LogP contribution in [-0.4, -0.2) is 21.0 Å². The fraction of sp³-hybridized carbons (Fsp3) is 0.188. The lowest BCUT2D eigenvalue weighted by Gasteiger charge is -2.13. The number of anilines is 1. The second kappa shape index (κ2) is 7.18. The van der Waals surface area contributed by atoms with Gasteiger partial charge in [0, 0.05) is 17.7 Å². The molecule has 8 heteroatoms. The molecule has 2 rings (SSSR count). The minimum Gasteiger partial charge on any atom is -0.504 e. The van der Waals surface area contributed by atoms with Crippen molar-refractivity contribution >= 4 is 28.9 Å². The number of nitrogens with zero attached hydrogens (tertiary/aromatic N) is 1. The lowest BCUT2D eigenvalue weighted by Crippen LogP contribution is -2.22. The minimum absolute atomic E-state index is 0.00869. The van der Waals surface area contributed by atoms with Gasteiger partial charge in [0.1, 0.15) is 5.02 Å². The molecule has 126 valence electrons. The number of hydrogen-bond donors (Lipinski definition) is 3. The number of rotatable bonds is 5. The van der Waals surface area contributed by atoms with Crippen molar-refractivity contribution in [3.63, 3.8) is 0 Å². The number of aromatic hydroxyl groups is 2. The standard InChI is InChI=1S/C16H15ClN2O5/c1-9(6-10-2-5-14(20)15(21)7-10)16(22)18-11-3-4-12(17)13(8-11)19(23)24/h2-5,7-9,20-21H,6H2,1H3,(H,18,22). The second-order valence-electron chi connectivity index (χ2n) is 5.34. The van der Waals surface area contributed by atoms with Gasteiger partial charge in [0.25, 0.3) is 5.69 Å². The Bertz CT molecular complexity index is 794. The quantitative estimate of drug-likeness (QED) is 0.434. The van der Waals surface area contributed by atoms with E-state index in [0.717, 1.165) is 0 Å². The van der Waals surface area contributed by atoms with E-state index < -0.39 is 10.8 Å². The monoisotopic (exact) mass is 350 g/mol. The maximum Gasteiger partial charge on any atom is 0.289 e. The highest BCUT2D eigenvalue weighted by molar-refractivity contribution is 6.32. The molecule has 0 aliphatic carbocycles. The molecular weight excluding hydrogens is 336 g/mol. The minimum atomic E-state index is -0.624. The van der Waals surface area contributed by atoms with Gasteiger partial charge in [-0.15, -0.1) is 0 Å². The third-order valence-electron chi connectivity index (χ3n) is 3.44. The third kappa shape index (κ3) is 4.14. The van der Waals surface area contributed by atoms with Crippen molar-refractivity contribution in [1.29, 1.82) is 0 Å². The molecule has 7 nitrogen and oxygen atoms in total. The van der Waals surface area contributed by atoms with Gasteiger partial charge in [-0.2, -0.15) is 0 Å². The molecule has 0 heterocycles. The topological polar surface area (TPSA) is 113 Å². The summed E-state index contributed by atoms with van der Waals surface area (Å²) in [6.45, 7) is 1.68. The fourth-order valence-electron chi connectivity index (χ4n) is 2.14. The Kier molecular flexibility index (Phi) is 5.25. The van der Waals surface area contributed by atoms with Gasteiger partial charge in [-0.1, -0.05) is 24.6 Å². The average Bonchev–Trinajstić information content (AvgIpc) is 2.52. The Hall–Kier alpha value is -2.80. The molecule has 0 saturated heterocycles. The van der Waals surface area contributed by atoms with E-state index in [4.69, 9.17) is 11.6 Å². The van der Waals surface area contributed by atoms with Gasteiger partial charge in [-0.3, -0.25) is 14.9 Å². The molecule has 0 saturated carbocycles. The number of halogens is 1. The summed E-state index contributed by atoms with van der Waals surface area (Å²) in [5.41, 5.74) is 0.664. The highest BCUT2D eigenvalue weighted by Gasteiger charge is 2.17. The van der Waals surface area contributed by atoms with Crippen LogP contribution in [0.15, 0.2) is 36.4 Å². The number of phenols is 2. The summed E-state index contributed by atoms with van der Waals surface area (Å²) in [5, 5.41) is 32.2. The predicted molar refractivity (Wildman–Crippen MR) is 89.4 cm³/mol. The number of hydrogen-bond acceptors (Lipinski definition) is 5. The zero-order chi connectivity index (χ0) is 17.9. The van der Waals surface area contributed by atoms with E-state index in [-0.39, 0.29) is 33.8 Å². The lowest BCUT2D eigenvalue weighted by molar-refractivity contribution is -0.384. The summed E-state index contributed by atoms with van der Waals surface area (Å²) >= 11 is 5.73. The fourth-order valence-corrected chi connectivity index (χ4v) is 2.32. The van der Waals surface area contributed by atoms with Gasteiger partial charge in [0.15, 0.2) is 11.5 Å². The van der Waals surface area contributed by atoms with Gasteiger partial charge in [0.2, 0.25) is 5.91 Å². The van der Waals surface area contributed by atoms with Crippen LogP contribution in [0.3, 0.4) is 0 Å². The molecule has 24 heavy (non-hydrogen) atoms. The predicted octanol–water partition coefficient (Wildman–Crippen LogP) is 3.48. The maximum atomic E-state index is 12.2. The highest BCUT2D eigenvalue weighted by atomic mass is 35.5. The van der Waals surface area contributed by atoms with Crippen molar-refractivity contribution in [1.82, 2.24) is 0 Å². The van der Waals surface area contributed by atoms with Crippen LogP contribution in [0.4, 0.5) is 11.4 Å². The number of carbonyl (C=O) groups is 1. The van der Waals surface area contributed by atoms with Crippen molar-refractivity contribution < 1.29 is 19.9 Å². The van der Waals surface area contributed by atoms with Crippen LogP contribution in [0.25, 0.3) is 0 Å². The van der Waals surface area contributed by atoms with E-state index in [1.54, 1.807) is 13.0 Å². The molecule has 2 aromatic rings. The van der Waals surface area contributed by atoms with Crippen LogP contribution in [0.5, 0.6) is 11.5 Å². The van der Waals surface area contributed by atoms with Crippen LogP contribution in [-0.2, 0) is 11.2 Å². The number of phenolic OH excluding ortho intramolecular Hbond substituents is 2. The summed E-state index contributed by atoms with van der Waals surface area (Å²) in [5.74, 6) is -1.28. The Morgan fingerprint density at radius 3 is 2.58 bits per heavy atom. The zero-order valence-corrected chi connectivity index (χ0v) is 13.4. The smallest absolute Gasteiger partial charge is 0.289 e. The number of nitrogens with one attached hydrogen (secondary N) is 1. The van der Waals surface area contributed by atoms with Gasteiger partial charge in [-0.05, 0) is 36.2 Å². The van der Waals surface area contributed by atoms with Crippen molar-refractivity contribution in [2.45, 2.75) is 13.3 Å². The van der Waals surface area contributed by atoms with E-state index in [9.17, 15) is 25.1 Å². The molecule has 0 spiro atoms. The summed E-state index contributed by atoms with van der Waals surface area (Å²) < 4.78 is 0. The molecule has 0 aliphatic heterocycles. The van der Waals surface area contributed by atoms with Crippen molar-refractivity contribution in [2.24, 2.45) is 5.92 Å². The summed E-state index contributed by atoms with van der Waals surface area (Å²) in [7, 11) is 0. The Morgan fingerprint density at radius 1 is 1.25 bits per heavy atom. The number of nitro groups is 1. The molecule has 1 atom stereocenters. The molecule has 0 aromatic heterocycles. The molecular formula is C16H15ClN2O5. The third-order valence-corrected chi connectivity index (χ3v) is 3.76. The lowest BCUT2D eigenvalue weighted by atomic mass is 10.00. The average molecular weight is 351 g/mol. The molecule has 1 amide bonds. The van der Waals surface area contributed by atoms with E-state index in [0.29, 0.717) is 12.0 Å².